The van der Waals surface area contributed by atoms with Crippen LogP contribution in [-0.2, 0) is 6.42 Å². The predicted octanol–water partition coefficient (Wildman–Crippen LogP) is 2.85. The van der Waals surface area contributed by atoms with E-state index in [0.29, 0.717) is 18.5 Å². The summed E-state index contributed by atoms with van der Waals surface area (Å²) >= 11 is 0. The van der Waals surface area contributed by atoms with Crippen molar-refractivity contribution in [2.75, 3.05) is 13.1 Å². The number of aromatic nitrogens is 2. The highest BCUT2D eigenvalue weighted by molar-refractivity contribution is 5.74. The van der Waals surface area contributed by atoms with Crippen molar-refractivity contribution in [2.45, 2.75) is 70.3 Å². The van der Waals surface area contributed by atoms with Gasteiger partial charge in [0.25, 0.3) is 0 Å². The molecule has 122 valence electrons. The van der Waals surface area contributed by atoms with Gasteiger partial charge in [0.1, 0.15) is 0 Å². The number of piperidine rings is 1. The number of likely N-dealkylation sites (tertiary alicyclic amines) is 1. The van der Waals surface area contributed by atoms with Gasteiger partial charge in [-0.25, -0.2) is 4.79 Å². The van der Waals surface area contributed by atoms with Crippen LogP contribution in [0.2, 0.25) is 0 Å². The number of nitrogens with zero attached hydrogens (tertiary/aromatic N) is 3. The molecule has 1 aliphatic carbocycles. The lowest BCUT2D eigenvalue weighted by Gasteiger charge is -2.33. The quantitative estimate of drug-likeness (QED) is 0.932. The second-order valence-electron chi connectivity index (χ2n) is 6.47. The third kappa shape index (κ3) is 3.59. The highest BCUT2D eigenvalue weighted by Gasteiger charge is 2.29. The molecule has 1 atom stereocenters. The average molecular weight is 306 g/mol. The predicted molar refractivity (Wildman–Crippen MR) is 82.6 cm³/mol. The SMILES string of the molecule is CCc1noc([C@H]2CCCN(C(=O)NC3CCCCC3)C2)n1. The number of aryl methyl sites for hydroxylation is 1. The zero-order valence-electron chi connectivity index (χ0n) is 13.4. The lowest BCUT2D eigenvalue weighted by Crippen LogP contribution is -2.48. The van der Waals surface area contributed by atoms with Crippen LogP contribution in [0.1, 0.15) is 69.5 Å². The molecule has 0 bridgehead atoms. The summed E-state index contributed by atoms with van der Waals surface area (Å²) in [6.07, 6.45) is 8.78. The Balaban J connectivity index is 1.56. The van der Waals surface area contributed by atoms with Crippen LogP contribution in [0.25, 0.3) is 0 Å². The van der Waals surface area contributed by atoms with Crippen LogP contribution >= 0.6 is 0 Å². The van der Waals surface area contributed by atoms with Crippen LogP contribution in [0.5, 0.6) is 0 Å². The molecule has 2 heterocycles. The molecule has 0 spiro atoms. The fourth-order valence-corrected chi connectivity index (χ4v) is 3.45. The van der Waals surface area contributed by atoms with E-state index in [1.807, 2.05) is 11.8 Å². The Morgan fingerprint density at radius 1 is 1.27 bits per heavy atom. The first-order chi connectivity index (χ1) is 10.8. The van der Waals surface area contributed by atoms with Crippen LogP contribution in [0.3, 0.4) is 0 Å². The molecule has 1 saturated carbocycles. The molecule has 1 aliphatic heterocycles. The monoisotopic (exact) mass is 306 g/mol. The van der Waals surface area contributed by atoms with Crippen molar-refractivity contribution >= 4 is 6.03 Å². The third-order valence-electron chi connectivity index (χ3n) is 4.79. The van der Waals surface area contributed by atoms with E-state index in [0.717, 1.165) is 44.5 Å². The molecule has 6 heteroatoms. The first-order valence-corrected chi connectivity index (χ1v) is 8.64. The Hall–Kier alpha value is -1.59. The Morgan fingerprint density at radius 3 is 2.82 bits per heavy atom. The molecule has 22 heavy (non-hydrogen) atoms. The molecule has 1 saturated heterocycles. The summed E-state index contributed by atoms with van der Waals surface area (Å²) in [4.78, 5) is 18.8. The van der Waals surface area contributed by atoms with Gasteiger partial charge in [0.05, 0.1) is 5.92 Å². The molecular weight excluding hydrogens is 280 g/mol. The lowest BCUT2D eigenvalue weighted by molar-refractivity contribution is 0.166. The van der Waals surface area contributed by atoms with Gasteiger partial charge < -0.3 is 14.7 Å². The lowest BCUT2D eigenvalue weighted by atomic mass is 9.95. The van der Waals surface area contributed by atoms with Gasteiger partial charge >= 0.3 is 6.03 Å². The van der Waals surface area contributed by atoms with Gasteiger partial charge in [-0.2, -0.15) is 4.98 Å². The van der Waals surface area contributed by atoms with Crippen molar-refractivity contribution in [1.82, 2.24) is 20.4 Å². The van der Waals surface area contributed by atoms with E-state index in [1.165, 1.54) is 19.3 Å². The van der Waals surface area contributed by atoms with E-state index < -0.39 is 0 Å². The number of hydrogen-bond donors (Lipinski definition) is 1. The molecule has 0 radical (unpaired) electrons. The minimum Gasteiger partial charge on any atom is -0.339 e. The number of amides is 2. The van der Waals surface area contributed by atoms with Gasteiger partial charge in [0, 0.05) is 25.6 Å². The second-order valence-corrected chi connectivity index (χ2v) is 6.47. The Labute approximate surface area is 131 Å². The maximum Gasteiger partial charge on any atom is 0.317 e. The summed E-state index contributed by atoms with van der Waals surface area (Å²) in [5.41, 5.74) is 0. The highest BCUT2D eigenvalue weighted by atomic mass is 16.5. The standard InChI is InChI=1S/C16H26N4O2/c1-2-14-18-15(22-19-14)12-7-6-10-20(11-12)16(21)17-13-8-4-3-5-9-13/h12-13H,2-11H2,1H3,(H,17,21)/t12-/m0/s1. The third-order valence-corrected chi connectivity index (χ3v) is 4.79. The first-order valence-electron chi connectivity index (χ1n) is 8.64. The Morgan fingerprint density at radius 2 is 2.09 bits per heavy atom. The molecule has 0 aromatic carbocycles. The van der Waals surface area contributed by atoms with Gasteiger partial charge in [0.2, 0.25) is 5.89 Å². The minimum atomic E-state index is 0.0758. The molecule has 2 amide bonds. The molecule has 2 fully saturated rings. The van der Waals surface area contributed by atoms with E-state index in [1.54, 1.807) is 0 Å². The summed E-state index contributed by atoms with van der Waals surface area (Å²) in [7, 11) is 0. The number of rotatable bonds is 3. The number of urea groups is 1. The van der Waals surface area contributed by atoms with Crippen LogP contribution in [0.4, 0.5) is 4.79 Å². The normalized spacial score (nSPS) is 23.5. The maximum absolute atomic E-state index is 12.5. The van der Waals surface area contributed by atoms with Crippen molar-refractivity contribution in [3.05, 3.63) is 11.7 Å². The Kier molecular flexibility index (Phi) is 4.95. The average Bonchev–Trinajstić information content (AvgIpc) is 3.05. The van der Waals surface area contributed by atoms with Gasteiger partial charge in [-0.3, -0.25) is 0 Å². The van der Waals surface area contributed by atoms with Crippen molar-refractivity contribution < 1.29 is 9.32 Å². The Bertz CT molecular complexity index is 496. The summed E-state index contributed by atoms with van der Waals surface area (Å²) in [6.45, 7) is 3.52. The van der Waals surface area contributed by atoms with E-state index in [-0.39, 0.29) is 11.9 Å². The molecule has 2 aliphatic rings. The number of carbonyl (C=O) groups excluding carboxylic acids is 1. The van der Waals surface area contributed by atoms with Gasteiger partial charge in [-0.05, 0) is 25.7 Å². The minimum absolute atomic E-state index is 0.0758. The van der Waals surface area contributed by atoms with Gasteiger partial charge in [-0.15, -0.1) is 0 Å². The molecule has 3 rings (SSSR count). The smallest absolute Gasteiger partial charge is 0.317 e. The topological polar surface area (TPSA) is 71.3 Å². The largest absolute Gasteiger partial charge is 0.339 e. The fraction of sp³-hybridized carbons (Fsp3) is 0.812. The number of carbonyl (C=O) groups is 1. The van der Waals surface area contributed by atoms with Gasteiger partial charge in [0.15, 0.2) is 5.82 Å². The van der Waals surface area contributed by atoms with Crippen molar-refractivity contribution in [3.63, 3.8) is 0 Å². The summed E-state index contributed by atoms with van der Waals surface area (Å²) in [5, 5.41) is 7.17. The number of nitrogens with one attached hydrogen (secondary N) is 1. The summed E-state index contributed by atoms with van der Waals surface area (Å²) in [5.74, 6) is 1.62. The van der Waals surface area contributed by atoms with E-state index in [9.17, 15) is 4.79 Å². The molecular formula is C16H26N4O2. The van der Waals surface area contributed by atoms with Crippen LogP contribution in [-0.4, -0.2) is 40.2 Å². The fourth-order valence-electron chi connectivity index (χ4n) is 3.45. The van der Waals surface area contributed by atoms with E-state index in [4.69, 9.17) is 4.52 Å². The summed E-state index contributed by atoms with van der Waals surface area (Å²) < 4.78 is 5.35. The second kappa shape index (κ2) is 7.11. The maximum atomic E-state index is 12.5. The zero-order chi connectivity index (χ0) is 15.4. The van der Waals surface area contributed by atoms with E-state index >= 15 is 0 Å². The molecule has 1 aromatic heterocycles. The van der Waals surface area contributed by atoms with Crippen molar-refractivity contribution in [3.8, 4) is 0 Å². The molecule has 1 N–H and O–H groups in total. The van der Waals surface area contributed by atoms with Gasteiger partial charge in [-0.1, -0.05) is 31.3 Å². The van der Waals surface area contributed by atoms with Crippen LogP contribution in [0.15, 0.2) is 4.52 Å². The summed E-state index contributed by atoms with van der Waals surface area (Å²) in [6, 6.07) is 0.434. The van der Waals surface area contributed by atoms with Crippen molar-refractivity contribution in [1.29, 1.82) is 0 Å². The molecule has 1 aromatic rings. The van der Waals surface area contributed by atoms with Crippen molar-refractivity contribution in [2.24, 2.45) is 0 Å². The highest BCUT2D eigenvalue weighted by Crippen LogP contribution is 2.26. The zero-order valence-corrected chi connectivity index (χ0v) is 13.4. The number of hydrogen-bond acceptors (Lipinski definition) is 4. The van der Waals surface area contributed by atoms with E-state index in [2.05, 4.69) is 15.5 Å². The molecule has 0 unspecified atom stereocenters. The molecule has 6 nitrogen and oxygen atoms in total. The van der Waals surface area contributed by atoms with Crippen LogP contribution in [0, 0.1) is 0 Å². The van der Waals surface area contributed by atoms with Crippen LogP contribution < -0.4 is 5.32 Å². The first kappa shape index (κ1) is 15.3.